The molecule has 0 aromatic rings. The van der Waals surface area contributed by atoms with Gasteiger partial charge in [0, 0.05) is 64.0 Å². The summed E-state index contributed by atoms with van der Waals surface area (Å²) in [6.07, 6.45) is -0.666. The Morgan fingerprint density at radius 1 is 0.636 bits per heavy atom. The Balaban J connectivity index is 3.97. The van der Waals surface area contributed by atoms with Gasteiger partial charge in [-0.3, -0.25) is 0 Å². The van der Waals surface area contributed by atoms with Crippen LogP contribution in [0.15, 0.2) is 0 Å². The van der Waals surface area contributed by atoms with Crippen molar-refractivity contribution in [1.29, 1.82) is 0 Å². The second kappa shape index (κ2) is 12.7. The molecule has 4 unspecified atom stereocenters. The van der Waals surface area contributed by atoms with Crippen LogP contribution in [0.3, 0.4) is 0 Å². The van der Waals surface area contributed by atoms with Gasteiger partial charge in [0.25, 0.3) is 0 Å². The Hall–Kier alpha value is -0.183. The summed E-state index contributed by atoms with van der Waals surface area (Å²) in [5.74, 6) is -1.19. The number of ether oxygens (including phenoxy) is 9. The van der Waals surface area contributed by atoms with Gasteiger partial charge >= 0.3 is 8.32 Å². The van der Waals surface area contributed by atoms with Crippen LogP contribution in [-0.4, -0.2) is 113 Å². The van der Waals surface area contributed by atoms with Crippen molar-refractivity contribution in [3.63, 3.8) is 0 Å². The van der Waals surface area contributed by atoms with Crippen molar-refractivity contribution in [2.75, 3.05) is 64.0 Å². The molecule has 4 atom stereocenters. The molecule has 1 saturated heterocycles. The molecule has 1 aliphatic heterocycles. The van der Waals surface area contributed by atoms with Gasteiger partial charge in [-0.05, 0) is 33.2 Å². The molecule has 0 spiro atoms. The summed E-state index contributed by atoms with van der Waals surface area (Å²) in [6.45, 7) is 5.63. The van der Waals surface area contributed by atoms with Crippen molar-refractivity contribution >= 4 is 8.32 Å². The Morgan fingerprint density at radius 3 is 1.33 bits per heavy atom. The molecule has 1 fully saturated rings. The van der Waals surface area contributed by atoms with Crippen molar-refractivity contribution in [2.24, 2.45) is 0 Å². The van der Waals surface area contributed by atoms with E-state index in [1.807, 2.05) is 20.8 Å². The number of rotatable bonds is 15. The first-order chi connectivity index (χ1) is 15.6. The van der Waals surface area contributed by atoms with Gasteiger partial charge in [0.05, 0.1) is 0 Å². The smallest absolute Gasteiger partial charge is 0.328 e. The van der Waals surface area contributed by atoms with E-state index >= 15 is 0 Å². The number of hydrogen-bond donors (Lipinski definition) is 0. The Labute approximate surface area is 200 Å². The summed E-state index contributed by atoms with van der Waals surface area (Å²) in [5, 5.41) is 0. The topological polar surface area (TPSA) is 92.3 Å². The summed E-state index contributed by atoms with van der Waals surface area (Å²) < 4.78 is 60.9. The van der Waals surface area contributed by atoms with E-state index in [0.29, 0.717) is 12.5 Å². The van der Waals surface area contributed by atoms with Gasteiger partial charge in [0.15, 0.2) is 0 Å². The van der Waals surface area contributed by atoms with Crippen LogP contribution in [0.5, 0.6) is 0 Å². The summed E-state index contributed by atoms with van der Waals surface area (Å²) in [7, 11) is 10.7. The molecular weight excluding hydrogens is 452 g/mol. The first kappa shape index (κ1) is 30.8. The molecule has 0 amide bonds. The van der Waals surface area contributed by atoms with Crippen LogP contribution >= 0.6 is 0 Å². The van der Waals surface area contributed by atoms with Crippen LogP contribution in [0, 0.1) is 0 Å². The second-order valence-electron chi connectivity index (χ2n) is 8.24. The maximum absolute atomic E-state index is 7.13. The van der Waals surface area contributed by atoms with Crippen molar-refractivity contribution in [1.82, 2.24) is 0 Å². The van der Waals surface area contributed by atoms with Crippen LogP contribution in [0.25, 0.3) is 0 Å². The van der Waals surface area contributed by atoms with Crippen molar-refractivity contribution in [3.8, 4) is 0 Å². The van der Waals surface area contributed by atoms with Gasteiger partial charge in [-0.1, -0.05) is 6.42 Å². The molecule has 11 heteroatoms. The molecular formula is C22H46O10Si. The van der Waals surface area contributed by atoms with E-state index < -0.39 is 49.3 Å². The molecule has 0 saturated carbocycles. The maximum Gasteiger partial charge on any atom is 0.328 e. The fraction of sp³-hybridized carbons (Fsp3) is 1.00. The normalized spacial score (nSPS) is 25.6. The quantitative estimate of drug-likeness (QED) is 0.247. The molecule has 0 aromatic carbocycles. The monoisotopic (exact) mass is 498 g/mol. The Bertz CT molecular complexity index is 539. The summed E-state index contributed by atoms with van der Waals surface area (Å²) in [5.41, 5.74) is -2.66. The van der Waals surface area contributed by atoms with Crippen LogP contribution in [0.4, 0.5) is 0 Å². The standard InChI is InChI=1S/C22H46O10Si/c1-16(23-4)20(26-7,27-8)19-14-13-15-33(32-19,21(28-9,29-10)17(2)24-5)22(30-11,31-12)18(3)25-6/h16-19H,13-15H2,1-12H3. The van der Waals surface area contributed by atoms with Gasteiger partial charge in [-0.25, -0.2) is 0 Å². The third-order valence-electron chi connectivity index (χ3n) is 7.46. The minimum Gasteiger partial charge on any atom is -0.398 e. The van der Waals surface area contributed by atoms with E-state index in [-0.39, 0.29) is 0 Å². The third kappa shape index (κ3) is 4.67. The first-order valence-electron chi connectivity index (χ1n) is 11.2. The van der Waals surface area contributed by atoms with E-state index in [0.717, 1.165) is 6.42 Å². The Kier molecular flexibility index (Phi) is 11.9. The predicted octanol–water partition coefficient (Wildman–Crippen LogP) is 2.26. The molecule has 198 valence electrons. The zero-order valence-corrected chi connectivity index (χ0v) is 23.5. The highest BCUT2D eigenvalue weighted by molar-refractivity contribution is 6.79. The van der Waals surface area contributed by atoms with Crippen molar-refractivity contribution in [3.05, 3.63) is 0 Å². The lowest BCUT2D eigenvalue weighted by Gasteiger charge is -2.60. The lowest BCUT2D eigenvalue weighted by Crippen LogP contribution is -2.84. The molecule has 33 heavy (non-hydrogen) atoms. The average molecular weight is 499 g/mol. The SMILES string of the molecule is COC(C)C(OC)(OC)C1CCC[Si](C(OC)(OC)C(C)OC)(C(OC)(OC)C(C)OC)O1. The molecule has 1 aliphatic rings. The highest BCUT2D eigenvalue weighted by atomic mass is 28.4. The van der Waals surface area contributed by atoms with Gasteiger partial charge in [0.2, 0.25) is 16.6 Å². The first-order valence-corrected chi connectivity index (χ1v) is 13.3. The fourth-order valence-corrected chi connectivity index (χ4v) is 11.5. The van der Waals surface area contributed by atoms with Gasteiger partial charge in [-0.15, -0.1) is 0 Å². The van der Waals surface area contributed by atoms with Crippen LogP contribution < -0.4 is 0 Å². The van der Waals surface area contributed by atoms with E-state index in [4.69, 9.17) is 47.1 Å². The lowest BCUT2D eigenvalue weighted by molar-refractivity contribution is -0.317. The highest BCUT2D eigenvalue weighted by Crippen LogP contribution is 2.51. The summed E-state index contributed by atoms with van der Waals surface area (Å²) >= 11 is 0. The second-order valence-corrected chi connectivity index (χ2v) is 12.0. The zero-order valence-electron chi connectivity index (χ0n) is 22.5. The molecule has 1 heterocycles. The number of hydrogen-bond acceptors (Lipinski definition) is 10. The van der Waals surface area contributed by atoms with Crippen LogP contribution in [0.1, 0.15) is 33.6 Å². The minimum absolute atomic E-state index is 0.444. The van der Waals surface area contributed by atoms with E-state index in [1.165, 1.54) is 0 Å². The largest absolute Gasteiger partial charge is 0.398 e. The van der Waals surface area contributed by atoms with E-state index in [2.05, 4.69) is 0 Å². The fourth-order valence-electron chi connectivity index (χ4n) is 5.50. The maximum atomic E-state index is 7.13. The van der Waals surface area contributed by atoms with Gasteiger partial charge < -0.3 is 47.1 Å². The Morgan fingerprint density at radius 2 is 1.03 bits per heavy atom. The third-order valence-corrected chi connectivity index (χ3v) is 13.1. The van der Waals surface area contributed by atoms with E-state index in [9.17, 15) is 0 Å². The molecule has 0 bridgehead atoms. The van der Waals surface area contributed by atoms with Gasteiger partial charge in [0.1, 0.15) is 24.4 Å². The number of methoxy groups -OCH3 is 9. The molecule has 0 aliphatic carbocycles. The summed E-state index contributed by atoms with van der Waals surface area (Å²) in [4.78, 5) is 0. The molecule has 0 aromatic heterocycles. The zero-order chi connectivity index (χ0) is 25.5. The minimum atomic E-state index is -3.53. The van der Waals surface area contributed by atoms with Crippen molar-refractivity contribution < 1.29 is 47.1 Å². The highest BCUT2D eigenvalue weighted by Gasteiger charge is 2.76. The van der Waals surface area contributed by atoms with E-state index in [1.54, 1.807) is 64.0 Å². The van der Waals surface area contributed by atoms with Gasteiger partial charge in [-0.2, -0.15) is 0 Å². The molecule has 1 rings (SSSR count). The molecule has 10 nitrogen and oxygen atoms in total. The van der Waals surface area contributed by atoms with Crippen LogP contribution in [0.2, 0.25) is 6.04 Å². The summed E-state index contributed by atoms with van der Waals surface area (Å²) in [6, 6.07) is 0.582. The lowest BCUT2D eigenvalue weighted by atomic mass is 10.00. The molecule has 0 radical (unpaired) electrons. The van der Waals surface area contributed by atoms with Crippen LogP contribution in [-0.2, 0) is 47.1 Å². The molecule has 0 N–H and O–H groups in total. The van der Waals surface area contributed by atoms with Crippen molar-refractivity contribution in [2.45, 2.75) is 80.7 Å². The average Bonchev–Trinajstić information content (AvgIpc) is 2.86. The predicted molar refractivity (Wildman–Crippen MR) is 124 cm³/mol.